The Hall–Kier alpha value is -5.59. The summed E-state index contributed by atoms with van der Waals surface area (Å²) in [6, 6.07) is 12.6. The third-order valence-electron chi connectivity index (χ3n) is 7.32. The smallest absolute Gasteiger partial charge is 0.253 e. The van der Waals surface area contributed by atoms with Gasteiger partial charge in [0.15, 0.2) is 0 Å². The summed E-state index contributed by atoms with van der Waals surface area (Å²) in [6.45, 7) is 4.87. The van der Waals surface area contributed by atoms with Crippen LogP contribution < -0.4 is 21.3 Å². The Morgan fingerprint density at radius 3 is 2.20 bits per heavy atom. The van der Waals surface area contributed by atoms with E-state index in [-0.39, 0.29) is 19.4 Å². The van der Waals surface area contributed by atoms with Crippen LogP contribution in [0.25, 0.3) is 0 Å². The molecule has 3 aromatic rings. The van der Waals surface area contributed by atoms with E-state index in [1.165, 1.54) is 31.9 Å². The summed E-state index contributed by atoms with van der Waals surface area (Å²) in [5, 5.41) is 10.6. The molecule has 0 spiro atoms. The summed E-state index contributed by atoms with van der Waals surface area (Å²) in [5.41, 5.74) is 4.48. The molecule has 5 N–H and O–H groups in total. The van der Waals surface area contributed by atoms with Crippen molar-refractivity contribution >= 4 is 41.1 Å². The van der Waals surface area contributed by atoms with Crippen molar-refractivity contribution in [2.75, 3.05) is 11.9 Å². The molecule has 0 saturated heterocycles. The van der Waals surface area contributed by atoms with Crippen LogP contribution in [0.3, 0.4) is 0 Å². The van der Waals surface area contributed by atoms with E-state index in [2.05, 4.69) is 43.4 Å². The maximum atomic E-state index is 13.2. The lowest BCUT2D eigenvalue weighted by atomic mass is 10.0. The fraction of sp³-hybridized carbons (Fsp3) is 0.303. The quantitative estimate of drug-likeness (QED) is 0.167. The summed E-state index contributed by atoms with van der Waals surface area (Å²) < 4.78 is 0. The Bertz CT molecular complexity index is 1600. The number of carbonyl (C=O) groups excluding carboxylic acids is 6. The van der Waals surface area contributed by atoms with Crippen molar-refractivity contribution in [2.45, 2.75) is 58.2 Å². The van der Waals surface area contributed by atoms with E-state index in [1.807, 2.05) is 37.3 Å². The second-order valence-electron chi connectivity index (χ2n) is 11.1. The topological polar surface area (TPSA) is 182 Å². The van der Waals surface area contributed by atoms with Gasteiger partial charge in [-0.15, -0.1) is 0 Å². The zero-order valence-corrected chi connectivity index (χ0v) is 25.8. The van der Waals surface area contributed by atoms with Crippen LogP contribution in [0.2, 0.25) is 0 Å². The van der Waals surface area contributed by atoms with Crippen LogP contribution in [0, 0.1) is 6.92 Å². The Kier molecular flexibility index (Phi) is 11.2. The van der Waals surface area contributed by atoms with Gasteiger partial charge in [-0.3, -0.25) is 33.7 Å². The summed E-state index contributed by atoms with van der Waals surface area (Å²) >= 11 is 0. The summed E-state index contributed by atoms with van der Waals surface area (Å²) in [5.74, 6) is -3.29. The van der Waals surface area contributed by atoms with Gasteiger partial charge in [-0.25, -0.2) is 4.98 Å². The SMILES string of the molecule is Cc1ccc(Cc2cccc(NC(=O)[C@H](C)NC(=O)[C@H](C)NC(=O)[C@H](Cc3cnc[nH]3)NC(=O)CCN3C(=O)C=CC3=O)c2)cc1. The van der Waals surface area contributed by atoms with E-state index in [0.29, 0.717) is 17.8 Å². The third kappa shape index (κ3) is 9.45. The van der Waals surface area contributed by atoms with Gasteiger partial charge in [-0.2, -0.15) is 0 Å². The predicted octanol–water partition coefficient (Wildman–Crippen LogP) is 1.30. The zero-order chi connectivity index (χ0) is 33.2. The number of benzene rings is 2. The van der Waals surface area contributed by atoms with E-state index in [0.717, 1.165) is 28.2 Å². The summed E-state index contributed by atoms with van der Waals surface area (Å²) in [4.78, 5) is 82.9. The molecule has 13 heteroatoms. The minimum absolute atomic E-state index is 0.0385. The Morgan fingerprint density at radius 2 is 1.52 bits per heavy atom. The van der Waals surface area contributed by atoms with Crippen molar-refractivity contribution in [2.24, 2.45) is 0 Å². The highest BCUT2D eigenvalue weighted by molar-refractivity contribution is 6.13. The molecule has 46 heavy (non-hydrogen) atoms. The van der Waals surface area contributed by atoms with Crippen LogP contribution in [0.4, 0.5) is 5.69 Å². The molecule has 1 aromatic heterocycles. The number of H-pyrrole nitrogens is 1. The van der Waals surface area contributed by atoms with Gasteiger partial charge in [0.25, 0.3) is 11.8 Å². The molecule has 4 rings (SSSR count). The number of nitrogens with zero attached hydrogens (tertiary/aromatic N) is 2. The molecule has 6 amide bonds. The number of anilines is 1. The summed E-state index contributed by atoms with van der Waals surface area (Å²) in [6.07, 6.45) is 5.68. The lowest BCUT2D eigenvalue weighted by molar-refractivity contribution is -0.137. The van der Waals surface area contributed by atoms with Crippen molar-refractivity contribution < 1.29 is 28.8 Å². The van der Waals surface area contributed by atoms with Gasteiger partial charge in [-0.05, 0) is 50.5 Å². The molecule has 2 aromatic carbocycles. The lowest BCUT2D eigenvalue weighted by Gasteiger charge is -2.22. The second-order valence-corrected chi connectivity index (χ2v) is 11.1. The Balaban J connectivity index is 1.29. The van der Waals surface area contributed by atoms with Crippen molar-refractivity contribution in [3.05, 3.63) is 95.6 Å². The van der Waals surface area contributed by atoms with Gasteiger partial charge in [0.1, 0.15) is 18.1 Å². The zero-order valence-electron chi connectivity index (χ0n) is 25.8. The first-order valence-electron chi connectivity index (χ1n) is 14.8. The van der Waals surface area contributed by atoms with Gasteiger partial charge < -0.3 is 26.3 Å². The minimum Gasteiger partial charge on any atom is -0.348 e. The highest BCUT2D eigenvalue weighted by Crippen LogP contribution is 2.16. The van der Waals surface area contributed by atoms with Gasteiger partial charge in [0, 0.05) is 49.1 Å². The largest absolute Gasteiger partial charge is 0.348 e. The molecule has 1 aliphatic heterocycles. The van der Waals surface area contributed by atoms with Crippen LogP contribution in [0.1, 0.15) is 42.7 Å². The van der Waals surface area contributed by atoms with Crippen LogP contribution in [-0.2, 0) is 41.6 Å². The monoisotopic (exact) mass is 627 g/mol. The predicted molar refractivity (Wildman–Crippen MR) is 169 cm³/mol. The number of hydrogen-bond donors (Lipinski definition) is 5. The molecule has 0 aliphatic carbocycles. The number of aromatic nitrogens is 2. The maximum Gasteiger partial charge on any atom is 0.253 e. The van der Waals surface area contributed by atoms with Crippen molar-refractivity contribution in [1.82, 2.24) is 30.8 Å². The number of rotatable bonds is 14. The third-order valence-corrected chi connectivity index (χ3v) is 7.32. The van der Waals surface area contributed by atoms with Gasteiger partial charge >= 0.3 is 0 Å². The molecule has 3 atom stereocenters. The normalized spacial score (nSPS) is 14.4. The first kappa shape index (κ1) is 33.3. The van der Waals surface area contributed by atoms with E-state index >= 15 is 0 Å². The molecule has 1 aliphatic rings. The molecule has 0 radical (unpaired) electrons. The lowest BCUT2D eigenvalue weighted by Crippen LogP contribution is -2.55. The number of aryl methyl sites for hydroxylation is 1. The molecule has 0 fully saturated rings. The number of amides is 6. The van der Waals surface area contributed by atoms with Gasteiger partial charge in [0.05, 0.1) is 6.33 Å². The van der Waals surface area contributed by atoms with Crippen molar-refractivity contribution in [3.63, 3.8) is 0 Å². The highest BCUT2D eigenvalue weighted by Gasteiger charge is 2.28. The number of imidazole rings is 1. The van der Waals surface area contributed by atoms with Crippen LogP contribution >= 0.6 is 0 Å². The fourth-order valence-electron chi connectivity index (χ4n) is 4.69. The highest BCUT2D eigenvalue weighted by atomic mass is 16.2. The fourth-order valence-corrected chi connectivity index (χ4v) is 4.69. The van der Waals surface area contributed by atoms with Crippen LogP contribution in [0.5, 0.6) is 0 Å². The molecule has 13 nitrogen and oxygen atoms in total. The summed E-state index contributed by atoms with van der Waals surface area (Å²) in [7, 11) is 0. The standard InChI is InChI=1S/C33H37N7O6/c1-20-7-9-23(10-8-20)15-24-5-4-6-25(16-24)38-32(45)22(3)36-31(44)21(2)37-33(46)27(17-26-18-34-19-35-26)39-28(41)13-14-40-29(42)11-12-30(40)43/h4-12,16,18-19,21-22,27H,13-15,17H2,1-3H3,(H,34,35)(H,36,44)(H,37,46)(H,38,45)(H,39,41)/t21-,22-,27-/m0/s1. The van der Waals surface area contributed by atoms with E-state index in [4.69, 9.17) is 0 Å². The van der Waals surface area contributed by atoms with Crippen LogP contribution in [-0.4, -0.2) is 75.0 Å². The number of nitrogens with one attached hydrogen (secondary N) is 5. The Morgan fingerprint density at radius 1 is 0.848 bits per heavy atom. The molecule has 0 bridgehead atoms. The number of imide groups is 1. The molecule has 240 valence electrons. The van der Waals surface area contributed by atoms with Crippen molar-refractivity contribution in [3.8, 4) is 0 Å². The molecule has 0 saturated carbocycles. The van der Waals surface area contributed by atoms with Gasteiger partial charge in [0.2, 0.25) is 23.6 Å². The first-order chi connectivity index (χ1) is 22.0. The molecular formula is C33H37N7O6. The minimum atomic E-state index is -1.10. The molecule has 2 heterocycles. The second kappa shape index (κ2) is 15.4. The van der Waals surface area contributed by atoms with E-state index < -0.39 is 53.6 Å². The van der Waals surface area contributed by atoms with Gasteiger partial charge in [-0.1, -0.05) is 42.0 Å². The number of hydrogen-bond acceptors (Lipinski definition) is 7. The maximum absolute atomic E-state index is 13.2. The first-order valence-corrected chi connectivity index (χ1v) is 14.8. The van der Waals surface area contributed by atoms with E-state index in [9.17, 15) is 28.8 Å². The Labute approximate surface area is 266 Å². The average Bonchev–Trinajstić information content (AvgIpc) is 3.65. The van der Waals surface area contributed by atoms with Crippen molar-refractivity contribution in [1.29, 1.82) is 0 Å². The van der Waals surface area contributed by atoms with E-state index in [1.54, 1.807) is 6.07 Å². The van der Waals surface area contributed by atoms with Crippen LogP contribution in [0.15, 0.2) is 73.2 Å². The number of carbonyl (C=O) groups is 6. The average molecular weight is 628 g/mol. The number of aromatic amines is 1. The molecule has 0 unspecified atom stereocenters. The molecular weight excluding hydrogens is 590 g/mol.